The molecular formula is C13H16N2O3S. The molecule has 3 rings (SSSR count). The maximum atomic E-state index is 12.2. The van der Waals surface area contributed by atoms with E-state index in [4.69, 9.17) is 4.74 Å². The fourth-order valence-corrected chi connectivity index (χ4v) is 3.72. The number of carbonyl (C=O) groups excluding carboxylic acids is 2. The first-order chi connectivity index (χ1) is 8.95. The Labute approximate surface area is 115 Å². The summed E-state index contributed by atoms with van der Waals surface area (Å²) in [4.78, 5) is 29.3. The van der Waals surface area contributed by atoms with Crippen molar-refractivity contribution in [2.45, 2.75) is 45.1 Å². The molecule has 0 radical (unpaired) electrons. The summed E-state index contributed by atoms with van der Waals surface area (Å²) in [6.07, 6.45) is 3.35. The minimum atomic E-state index is -0.735. The van der Waals surface area contributed by atoms with E-state index in [1.54, 1.807) is 25.2 Å². The molecule has 19 heavy (non-hydrogen) atoms. The zero-order valence-corrected chi connectivity index (χ0v) is 11.8. The molecule has 0 bridgehead atoms. The SMILES string of the molecule is CC1(C)OC(=O)C[C@H]1C(=O)Nc1nc2c(s1)CCC2. The first-order valence-electron chi connectivity index (χ1n) is 6.47. The molecule has 5 nitrogen and oxygen atoms in total. The van der Waals surface area contributed by atoms with E-state index in [0.717, 1.165) is 25.0 Å². The van der Waals surface area contributed by atoms with Crippen molar-refractivity contribution >= 4 is 28.3 Å². The standard InChI is InChI=1S/C13H16N2O3S/c1-13(2)7(6-10(16)18-13)11(17)15-12-14-8-4-3-5-9(8)19-12/h7H,3-6H2,1-2H3,(H,14,15,17)/t7-/m0/s1. The molecule has 1 amide bonds. The first kappa shape index (κ1) is 12.6. The lowest BCUT2D eigenvalue weighted by Crippen LogP contribution is -2.36. The number of hydrogen-bond donors (Lipinski definition) is 1. The van der Waals surface area contributed by atoms with Gasteiger partial charge in [0, 0.05) is 4.88 Å². The topological polar surface area (TPSA) is 68.3 Å². The average molecular weight is 280 g/mol. The lowest BCUT2D eigenvalue weighted by molar-refractivity contribution is -0.147. The van der Waals surface area contributed by atoms with Gasteiger partial charge in [-0.3, -0.25) is 9.59 Å². The monoisotopic (exact) mass is 280 g/mol. The van der Waals surface area contributed by atoms with E-state index in [1.807, 2.05) is 0 Å². The van der Waals surface area contributed by atoms with E-state index in [-0.39, 0.29) is 18.3 Å². The summed E-state index contributed by atoms with van der Waals surface area (Å²) in [5.41, 5.74) is 0.375. The number of hydrogen-bond acceptors (Lipinski definition) is 5. The first-order valence-corrected chi connectivity index (χ1v) is 7.28. The number of nitrogens with zero attached hydrogens (tertiary/aromatic N) is 1. The lowest BCUT2D eigenvalue weighted by Gasteiger charge is -2.23. The summed E-state index contributed by atoms with van der Waals surface area (Å²) >= 11 is 1.54. The number of thiazole rings is 1. The molecule has 1 atom stereocenters. The summed E-state index contributed by atoms with van der Waals surface area (Å²) < 4.78 is 5.16. The molecule has 2 heterocycles. The normalized spacial score (nSPS) is 24.1. The highest BCUT2D eigenvalue weighted by Gasteiger charge is 2.46. The lowest BCUT2D eigenvalue weighted by atomic mass is 9.90. The van der Waals surface area contributed by atoms with Crippen LogP contribution in [0, 0.1) is 5.92 Å². The highest BCUT2D eigenvalue weighted by Crippen LogP contribution is 2.35. The summed E-state index contributed by atoms with van der Waals surface area (Å²) in [5, 5.41) is 3.47. The van der Waals surface area contributed by atoms with E-state index >= 15 is 0 Å². The zero-order chi connectivity index (χ0) is 13.6. The molecule has 1 saturated heterocycles. The highest BCUT2D eigenvalue weighted by atomic mass is 32.1. The number of anilines is 1. The molecule has 1 N–H and O–H groups in total. The summed E-state index contributed by atoms with van der Waals surface area (Å²) in [6.45, 7) is 3.54. The third-order valence-electron chi connectivity index (χ3n) is 3.73. The van der Waals surface area contributed by atoms with Gasteiger partial charge in [0.05, 0.1) is 18.0 Å². The number of carbonyl (C=O) groups is 2. The minimum Gasteiger partial charge on any atom is -0.459 e. The van der Waals surface area contributed by atoms with Crippen LogP contribution >= 0.6 is 11.3 Å². The Morgan fingerprint density at radius 1 is 1.47 bits per heavy atom. The molecule has 1 fully saturated rings. The smallest absolute Gasteiger partial charge is 0.307 e. The number of nitrogens with one attached hydrogen (secondary N) is 1. The second-order valence-corrected chi connectivity index (χ2v) is 6.65. The van der Waals surface area contributed by atoms with Crippen LogP contribution in [0.4, 0.5) is 5.13 Å². The molecule has 0 aromatic carbocycles. The van der Waals surface area contributed by atoms with Gasteiger partial charge in [-0.15, -0.1) is 11.3 Å². The quantitative estimate of drug-likeness (QED) is 0.840. The predicted octanol–water partition coefficient (Wildman–Crippen LogP) is 1.91. The molecule has 0 saturated carbocycles. The van der Waals surface area contributed by atoms with E-state index in [9.17, 15) is 9.59 Å². The van der Waals surface area contributed by atoms with Gasteiger partial charge in [0.25, 0.3) is 0 Å². The number of aryl methyl sites for hydroxylation is 2. The van der Waals surface area contributed by atoms with Crippen molar-refractivity contribution in [2.75, 3.05) is 5.32 Å². The second kappa shape index (κ2) is 4.30. The van der Waals surface area contributed by atoms with E-state index in [2.05, 4.69) is 10.3 Å². The van der Waals surface area contributed by atoms with Gasteiger partial charge in [-0.25, -0.2) is 4.98 Å². The van der Waals surface area contributed by atoms with Crippen LogP contribution in [0.15, 0.2) is 0 Å². The van der Waals surface area contributed by atoms with Crippen LogP contribution in [-0.4, -0.2) is 22.5 Å². The van der Waals surface area contributed by atoms with Crippen molar-refractivity contribution in [3.63, 3.8) is 0 Å². The Kier molecular flexibility index (Phi) is 2.85. The minimum absolute atomic E-state index is 0.143. The third kappa shape index (κ3) is 2.25. The zero-order valence-electron chi connectivity index (χ0n) is 11.0. The molecule has 0 spiro atoms. The Bertz CT molecular complexity index is 529. The molecule has 6 heteroatoms. The third-order valence-corrected chi connectivity index (χ3v) is 4.80. The van der Waals surface area contributed by atoms with E-state index in [0.29, 0.717) is 5.13 Å². The van der Waals surface area contributed by atoms with Crippen LogP contribution in [0.5, 0.6) is 0 Å². The summed E-state index contributed by atoms with van der Waals surface area (Å²) in [6, 6.07) is 0. The maximum absolute atomic E-state index is 12.2. The molecule has 0 unspecified atom stereocenters. The van der Waals surface area contributed by atoms with Crippen LogP contribution in [0.2, 0.25) is 0 Å². The predicted molar refractivity (Wildman–Crippen MR) is 71.0 cm³/mol. The highest BCUT2D eigenvalue weighted by molar-refractivity contribution is 7.15. The Balaban J connectivity index is 1.72. The van der Waals surface area contributed by atoms with Crippen LogP contribution < -0.4 is 5.32 Å². The van der Waals surface area contributed by atoms with Gasteiger partial charge in [-0.2, -0.15) is 0 Å². The molecule has 102 valence electrons. The molecular weight excluding hydrogens is 264 g/mol. The van der Waals surface area contributed by atoms with E-state index < -0.39 is 11.5 Å². The Hall–Kier alpha value is -1.43. The van der Waals surface area contributed by atoms with Gasteiger partial charge in [0.1, 0.15) is 5.60 Å². The van der Waals surface area contributed by atoms with Crippen LogP contribution in [0.1, 0.15) is 37.3 Å². The van der Waals surface area contributed by atoms with Crippen molar-refractivity contribution in [1.29, 1.82) is 0 Å². The van der Waals surface area contributed by atoms with Crippen molar-refractivity contribution in [3.05, 3.63) is 10.6 Å². The van der Waals surface area contributed by atoms with Gasteiger partial charge in [0.15, 0.2) is 5.13 Å². The van der Waals surface area contributed by atoms with Crippen LogP contribution in [0.3, 0.4) is 0 Å². The Morgan fingerprint density at radius 3 is 2.89 bits per heavy atom. The number of cyclic esters (lactones) is 1. The number of esters is 1. The number of amides is 1. The second-order valence-electron chi connectivity index (χ2n) is 5.57. The Morgan fingerprint density at radius 2 is 2.26 bits per heavy atom. The van der Waals surface area contributed by atoms with Crippen molar-refractivity contribution in [2.24, 2.45) is 5.92 Å². The van der Waals surface area contributed by atoms with Gasteiger partial charge >= 0.3 is 5.97 Å². The average Bonchev–Trinajstić information content (AvgIpc) is 2.90. The van der Waals surface area contributed by atoms with Gasteiger partial charge in [-0.1, -0.05) is 0 Å². The largest absolute Gasteiger partial charge is 0.459 e. The number of rotatable bonds is 2. The van der Waals surface area contributed by atoms with Crippen molar-refractivity contribution < 1.29 is 14.3 Å². The molecule has 1 aliphatic carbocycles. The maximum Gasteiger partial charge on any atom is 0.307 e. The van der Waals surface area contributed by atoms with E-state index in [1.165, 1.54) is 4.88 Å². The van der Waals surface area contributed by atoms with Crippen LogP contribution in [-0.2, 0) is 27.2 Å². The van der Waals surface area contributed by atoms with Gasteiger partial charge in [0.2, 0.25) is 5.91 Å². The fraction of sp³-hybridized carbons (Fsp3) is 0.615. The van der Waals surface area contributed by atoms with Gasteiger partial charge < -0.3 is 10.1 Å². The number of aromatic nitrogens is 1. The van der Waals surface area contributed by atoms with Crippen molar-refractivity contribution in [1.82, 2.24) is 4.98 Å². The summed E-state index contributed by atoms with van der Waals surface area (Å²) in [5.74, 6) is -0.936. The molecule has 2 aliphatic rings. The van der Waals surface area contributed by atoms with Crippen molar-refractivity contribution in [3.8, 4) is 0 Å². The summed E-state index contributed by atoms with van der Waals surface area (Å²) in [7, 11) is 0. The van der Waals surface area contributed by atoms with Gasteiger partial charge in [-0.05, 0) is 33.1 Å². The molecule has 1 aliphatic heterocycles. The van der Waals surface area contributed by atoms with Crippen LogP contribution in [0.25, 0.3) is 0 Å². The number of fused-ring (bicyclic) bond motifs is 1. The fourth-order valence-electron chi connectivity index (χ4n) is 2.66. The molecule has 1 aromatic rings. The molecule has 1 aromatic heterocycles. The number of ether oxygens (including phenoxy) is 1.